The minimum Gasteiger partial charge on any atom is -0.487 e. The Morgan fingerprint density at radius 1 is 0.936 bits per heavy atom. The van der Waals surface area contributed by atoms with Crippen molar-refractivity contribution in [2.45, 2.75) is 26.0 Å². The van der Waals surface area contributed by atoms with Gasteiger partial charge in [0, 0.05) is 42.3 Å². The van der Waals surface area contributed by atoms with E-state index in [9.17, 15) is 19.5 Å². The van der Waals surface area contributed by atoms with E-state index in [0.717, 1.165) is 10.8 Å². The molecule has 4 aromatic carbocycles. The average molecular weight is 640 g/mol. The molecule has 0 unspecified atom stereocenters. The fraction of sp³-hybridized carbons (Fsp3) is 0.286. The maximum Gasteiger partial charge on any atom is 0.323 e. The number of ether oxygens (including phenoxy) is 3. The van der Waals surface area contributed by atoms with Crippen molar-refractivity contribution in [3.8, 4) is 17.2 Å². The van der Waals surface area contributed by atoms with Crippen LogP contribution in [0.2, 0.25) is 0 Å². The first-order valence-electron chi connectivity index (χ1n) is 15.4. The van der Waals surface area contributed by atoms with Gasteiger partial charge in [-0.15, -0.1) is 0 Å². The van der Waals surface area contributed by atoms with Crippen LogP contribution in [0, 0.1) is 5.92 Å². The number of aliphatic hydroxyl groups excluding tert-OH is 1. The maximum absolute atomic E-state index is 13.8. The zero-order valence-electron chi connectivity index (χ0n) is 26.4. The Labute approximate surface area is 272 Å². The molecule has 0 saturated heterocycles. The lowest BCUT2D eigenvalue weighted by Crippen LogP contribution is -2.50. The van der Waals surface area contributed by atoms with Crippen LogP contribution in [0.25, 0.3) is 10.8 Å². The Kier molecular flexibility index (Phi) is 9.03. The number of rotatable bonds is 7. The zero-order valence-corrected chi connectivity index (χ0v) is 26.4. The van der Waals surface area contributed by atoms with Gasteiger partial charge in [0.2, 0.25) is 6.79 Å². The van der Waals surface area contributed by atoms with Crippen molar-refractivity contribution >= 4 is 45.8 Å². The lowest BCUT2D eigenvalue weighted by Gasteiger charge is -2.38. The summed E-state index contributed by atoms with van der Waals surface area (Å²) in [5, 5.41) is 20.5. The molecule has 2 heterocycles. The van der Waals surface area contributed by atoms with Crippen LogP contribution in [-0.2, 0) is 0 Å². The molecule has 2 aliphatic rings. The second-order valence-corrected chi connectivity index (χ2v) is 11.8. The fourth-order valence-corrected chi connectivity index (χ4v) is 5.68. The van der Waals surface area contributed by atoms with E-state index in [2.05, 4.69) is 16.0 Å². The third kappa shape index (κ3) is 6.87. The SMILES string of the molecule is C[C@@H]1CN([C@@H](C)CO)C(=O)c2cc(NC(=O)Nc3ccc4c(c3)OCO4)ccc2O[C@H]1CN(C)C(=O)Nc1cccc2ccccc12. The standard InChI is InChI=1S/C35H37N5O7/c1-21-17-40(22(2)19-41)33(42)27-15-24(36-34(43)37-25-12-14-30-31(16-25)46-20-45-30)11-13-29(27)47-32(21)18-39(3)35(44)38-28-10-6-8-23-7-4-5-9-26(23)28/h4-16,21-22,32,41H,17-20H2,1-3H3,(H,38,44)(H2,36,37,43)/t21-,22+,32+/m1/s1. The average Bonchev–Trinajstić information content (AvgIpc) is 3.54. The summed E-state index contributed by atoms with van der Waals surface area (Å²) in [7, 11) is 1.70. The first-order chi connectivity index (χ1) is 22.7. The smallest absolute Gasteiger partial charge is 0.323 e. The minimum atomic E-state index is -0.520. The van der Waals surface area contributed by atoms with Gasteiger partial charge in [0.1, 0.15) is 11.9 Å². The van der Waals surface area contributed by atoms with E-state index in [4.69, 9.17) is 14.2 Å². The third-order valence-electron chi connectivity index (χ3n) is 8.38. The van der Waals surface area contributed by atoms with Crippen LogP contribution in [0.5, 0.6) is 17.2 Å². The van der Waals surface area contributed by atoms with Gasteiger partial charge in [-0.25, -0.2) is 9.59 Å². The third-order valence-corrected chi connectivity index (χ3v) is 8.38. The number of hydrogen-bond acceptors (Lipinski definition) is 7. The summed E-state index contributed by atoms with van der Waals surface area (Å²) >= 11 is 0. The monoisotopic (exact) mass is 639 g/mol. The maximum atomic E-state index is 13.8. The van der Waals surface area contributed by atoms with Gasteiger partial charge >= 0.3 is 12.1 Å². The van der Waals surface area contributed by atoms with Gasteiger partial charge in [-0.3, -0.25) is 4.79 Å². The summed E-state index contributed by atoms with van der Waals surface area (Å²) < 4.78 is 17.1. The van der Waals surface area contributed by atoms with E-state index in [1.54, 1.807) is 60.2 Å². The van der Waals surface area contributed by atoms with Gasteiger partial charge in [-0.2, -0.15) is 0 Å². The summed E-state index contributed by atoms with van der Waals surface area (Å²) in [4.78, 5) is 43.2. The molecular weight excluding hydrogens is 602 g/mol. The molecule has 0 aliphatic carbocycles. The summed E-state index contributed by atoms with van der Waals surface area (Å²) in [6.45, 7) is 4.12. The lowest BCUT2D eigenvalue weighted by molar-refractivity contribution is 0.0371. The molecule has 12 nitrogen and oxygen atoms in total. The molecule has 0 saturated carbocycles. The van der Waals surface area contributed by atoms with E-state index in [1.165, 1.54) is 0 Å². The number of urea groups is 2. The van der Waals surface area contributed by atoms with Crippen molar-refractivity contribution in [3.05, 3.63) is 84.4 Å². The Balaban J connectivity index is 1.20. The molecule has 0 fully saturated rings. The quantitative estimate of drug-likeness (QED) is 0.206. The van der Waals surface area contributed by atoms with Crippen molar-refractivity contribution < 1.29 is 33.7 Å². The number of nitrogens with one attached hydrogen (secondary N) is 3. The van der Waals surface area contributed by atoms with E-state index in [0.29, 0.717) is 34.3 Å². The van der Waals surface area contributed by atoms with Gasteiger partial charge < -0.3 is 45.1 Å². The van der Waals surface area contributed by atoms with Crippen molar-refractivity contribution in [3.63, 3.8) is 0 Å². The topological polar surface area (TPSA) is 142 Å². The molecule has 6 rings (SSSR count). The highest BCUT2D eigenvalue weighted by atomic mass is 16.7. The highest BCUT2D eigenvalue weighted by molar-refractivity contribution is 6.03. The number of fused-ring (bicyclic) bond motifs is 3. The molecule has 47 heavy (non-hydrogen) atoms. The number of hydrogen-bond donors (Lipinski definition) is 4. The van der Waals surface area contributed by atoms with Crippen LogP contribution >= 0.6 is 0 Å². The number of anilines is 3. The number of likely N-dealkylation sites (N-methyl/N-ethyl adjacent to an activating group) is 1. The summed E-state index contributed by atoms with van der Waals surface area (Å²) in [5.41, 5.74) is 1.80. The van der Waals surface area contributed by atoms with Crippen molar-refractivity contribution in [2.24, 2.45) is 5.92 Å². The van der Waals surface area contributed by atoms with Gasteiger partial charge in [0.25, 0.3) is 5.91 Å². The molecule has 0 aromatic heterocycles. The number of nitrogens with zero attached hydrogens (tertiary/aromatic N) is 2. The van der Waals surface area contributed by atoms with Crippen LogP contribution in [-0.4, -0.2) is 78.6 Å². The molecule has 244 valence electrons. The highest BCUT2D eigenvalue weighted by Gasteiger charge is 2.34. The second-order valence-electron chi connectivity index (χ2n) is 11.8. The van der Waals surface area contributed by atoms with E-state index >= 15 is 0 Å². The summed E-state index contributed by atoms with van der Waals surface area (Å²) in [6, 6.07) is 22.2. The Morgan fingerprint density at radius 3 is 2.43 bits per heavy atom. The summed E-state index contributed by atoms with van der Waals surface area (Å²) in [6.07, 6.45) is -0.494. The molecular formula is C35H37N5O7. The summed E-state index contributed by atoms with van der Waals surface area (Å²) in [5.74, 6) is 0.909. The Morgan fingerprint density at radius 2 is 1.64 bits per heavy atom. The first kappa shape index (κ1) is 31.5. The Hall–Kier alpha value is -5.49. The minimum absolute atomic E-state index is 0.121. The number of carbonyl (C=O) groups is 3. The predicted octanol–water partition coefficient (Wildman–Crippen LogP) is 5.60. The molecule has 0 bridgehead atoms. The van der Waals surface area contributed by atoms with Crippen LogP contribution in [0.1, 0.15) is 24.2 Å². The van der Waals surface area contributed by atoms with Crippen molar-refractivity contribution in [1.82, 2.24) is 9.80 Å². The molecule has 5 amide bonds. The van der Waals surface area contributed by atoms with Gasteiger partial charge in [-0.1, -0.05) is 43.3 Å². The molecule has 4 N–H and O–H groups in total. The van der Waals surface area contributed by atoms with Crippen LogP contribution < -0.4 is 30.2 Å². The number of benzene rings is 4. The molecule has 0 radical (unpaired) electrons. The molecule has 3 atom stereocenters. The molecule has 0 spiro atoms. The molecule has 4 aromatic rings. The predicted molar refractivity (Wildman–Crippen MR) is 178 cm³/mol. The van der Waals surface area contributed by atoms with Gasteiger partial charge in [0.05, 0.1) is 30.4 Å². The zero-order chi connectivity index (χ0) is 33.1. The molecule has 2 aliphatic heterocycles. The Bertz CT molecular complexity index is 1810. The highest BCUT2D eigenvalue weighted by Crippen LogP contribution is 2.35. The van der Waals surface area contributed by atoms with E-state index in [-0.39, 0.29) is 49.9 Å². The largest absolute Gasteiger partial charge is 0.487 e. The number of amides is 5. The van der Waals surface area contributed by atoms with Crippen LogP contribution in [0.4, 0.5) is 26.7 Å². The van der Waals surface area contributed by atoms with Gasteiger partial charge in [-0.05, 0) is 48.7 Å². The van der Waals surface area contributed by atoms with Crippen molar-refractivity contribution in [1.29, 1.82) is 0 Å². The first-order valence-corrected chi connectivity index (χ1v) is 15.4. The number of aliphatic hydroxyl groups is 1. The van der Waals surface area contributed by atoms with Crippen LogP contribution in [0.15, 0.2) is 78.9 Å². The normalized spacial score (nSPS) is 17.5. The fourth-order valence-electron chi connectivity index (χ4n) is 5.68. The second kappa shape index (κ2) is 13.5. The van der Waals surface area contributed by atoms with Crippen LogP contribution in [0.3, 0.4) is 0 Å². The lowest BCUT2D eigenvalue weighted by atomic mass is 9.99. The van der Waals surface area contributed by atoms with E-state index in [1.807, 2.05) is 49.4 Å². The van der Waals surface area contributed by atoms with Crippen molar-refractivity contribution in [2.75, 3.05) is 49.5 Å². The van der Waals surface area contributed by atoms with Gasteiger partial charge in [0.15, 0.2) is 11.5 Å². The van der Waals surface area contributed by atoms with E-state index < -0.39 is 18.2 Å². The number of carbonyl (C=O) groups excluding carboxylic acids is 3. The molecule has 12 heteroatoms.